The first-order valence-electron chi connectivity index (χ1n) is 4.71. The van der Waals surface area contributed by atoms with Crippen LogP contribution in [0.4, 0.5) is 5.69 Å². The van der Waals surface area contributed by atoms with Crippen LogP contribution in [-0.4, -0.2) is 30.3 Å². The number of ether oxygens (including phenoxy) is 1. The highest BCUT2D eigenvalue weighted by Gasteiger charge is 2.13. The van der Waals surface area contributed by atoms with E-state index < -0.39 is 20.8 Å². The van der Waals surface area contributed by atoms with Crippen LogP contribution in [0.25, 0.3) is 0 Å². The van der Waals surface area contributed by atoms with Gasteiger partial charge in [0.05, 0.1) is 17.3 Å². The van der Waals surface area contributed by atoms with Crippen molar-refractivity contribution in [1.29, 1.82) is 0 Å². The smallest absolute Gasteiger partial charge is 0.310 e. The highest BCUT2D eigenvalue weighted by molar-refractivity contribution is 7.85. The van der Waals surface area contributed by atoms with Crippen molar-refractivity contribution in [2.75, 3.05) is 12.4 Å². The van der Waals surface area contributed by atoms with Crippen molar-refractivity contribution in [2.24, 2.45) is 0 Å². The van der Waals surface area contributed by atoms with E-state index in [2.05, 4.69) is 0 Å². The van der Waals surface area contributed by atoms with Gasteiger partial charge in [0.2, 0.25) is 0 Å². The minimum absolute atomic E-state index is 0.0232. The van der Waals surface area contributed by atoms with Crippen LogP contribution in [-0.2, 0) is 10.1 Å². The third-order valence-corrected chi connectivity index (χ3v) is 2.67. The Balaban J connectivity index is 2.55. The third-order valence-electron chi connectivity index (χ3n) is 1.87. The number of nitrogens with zero attached hydrogens (tertiary/aromatic N) is 1. The van der Waals surface area contributed by atoms with Gasteiger partial charge in [0.25, 0.3) is 10.1 Å². The first-order valence-corrected chi connectivity index (χ1v) is 6.32. The van der Waals surface area contributed by atoms with Gasteiger partial charge in [-0.15, -0.1) is 0 Å². The summed E-state index contributed by atoms with van der Waals surface area (Å²) in [5.74, 6) is -0.360. The van der Waals surface area contributed by atoms with Crippen LogP contribution >= 0.6 is 0 Å². The SMILES string of the molecule is O=[N+]([O-])c1ccccc1OCCCS(=O)(=O)O. The normalized spacial score (nSPS) is 11.1. The standard InChI is InChI=1S/C9H11NO6S/c11-10(12)8-4-1-2-5-9(8)16-6-3-7-17(13,14)15/h1-2,4-5H,3,6-7H2,(H,13,14,15). The number of para-hydroxylation sites is 2. The summed E-state index contributed by atoms with van der Waals surface area (Å²) in [6, 6.07) is 5.79. The Morgan fingerprint density at radius 1 is 1.35 bits per heavy atom. The van der Waals surface area contributed by atoms with Gasteiger partial charge in [0.1, 0.15) is 0 Å². The molecule has 0 aliphatic heterocycles. The van der Waals surface area contributed by atoms with Gasteiger partial charge in [0.15, 0.2) is 5.75 Å². The number of hydrogen-bond acceptors (Lipinski definition) is 5. The number of nitro groups is 1. The maximum absolute atomic E-state index is 10.6. The maximum Gasteiger partial charge on any atom is 0.310 e. The van der Waals surface area contributed by atoms with Crippen LogP contribution in [0, 0.1) is 10.1 Å². The van der Waals surface area contributed by atoms with E-state index in [1.807, 2.05) is 0 Å². The molecule has 0 saturated carbocycles. The topological polar surface area (TPSA) is 107 Å². The Morgan fingerprint density at radius 3 is 2.59 bits per heavy atom. The van der Waals surface area contributed by atoms with E-state index in [9.17, 15) is 18.5 Å². The molecule has 0 unspecified atom stereocenters. The molecule has 0 fully saturated rings. The summed E-state index contributed by atoms with van der Waals surface area (Å²) in [4.78, 5) is 10.0. The molecule has 0 aliphatic rings. The molecule has 7 nitrogen and oxygen atoms in total. The average molecular weight is 261 g/mol. The van der Waals surface area contributed by atoms with E-state index in [0.29, 0.717) is 0 Å². The van der Waals surface area contributed by atoms with E-state index in [1.165, 1.54) is 18.2 Å². The summed E-state index contributed by atoms with van der Waals surface area (Å²) < 4.78 is 34.4. The monoisotopic (exact) mass is 261 g/mol. The molecule has 1 rings (SSSR count). The number of benzene rings is 1. The Hall–Kier alpha value is -1.67. The van der Waals surface area contributed by atoms with Crippen molar-refractivity contribution >= 4 is 15.8 Å². The Bertz CT molecular complexity index is 498. The lowest BCUT2D eigenvalue weighted by atomic mass is 10.3. The summed E-state index contributed by atoms with van der Waals surface area (Å²) in [6.07, 6.45) is 0.0604. The van der Waals surface area contributed by atoms with Gasteiger partial charge in [-0.25, -0.2) is 0 Å². The molecule has 0 bridgehead atoms. The van der Waals surface area contributed by atoms with Crippen molar-refractivity contribution in [3.63, 3.8) is 0 Å². The van der Waals surface area contributed by atoms with Crippen LogP contribution < -0.4 is 4.74 Å². The Labute approximate surface area is 97.9 Å². The van der Waals surface area contributed by atoms with Gasteiger partial charge in [-0.1, -0.05) is 12.1 Å². The fourth-order valence-corrected chi connectivity index (χ4v) is 1.64. The van der Waals surface area contributed by atoms with Gasteiger partial charge >= 0.3 is 5.69 Å². The molecule has 0 radical (unpaired) electrons. The molecule has 1 aromatic rings. The van der Waals surface area contributed by atoms with Gasteiger partial charge in [-0.2, -0.15) is 8.42 Å². The molecule has 8 heteroatoms. The molecule has 0 amide bonds. The molecule has 0 spiro atoms. The second-order valence-corrected chi connectivity index (χ2v) is 4.78. The predicted octanol–water partition coefficient (Wildman–Crippen LogP) is 1.25. The molecule has 0 aliphatic carbocycles. The molecular formula is C9H11NO6S. The summed E-state index contributed by atoms with van der Waals surface area (Å²) in [5, 5.41) is 10.6. The maximum atomic E-state index is 10.6. The van der Waals surface area contributed by atoms with Crippen LogP contribution in [0.3, 0.4) is 0 Å². The zero-order valence-electron chi connectivity index (χ0n) is 8.77. The lowest BCUT2D eigenvalue weighted by molar-refractivity contribution is -0.385. The third kappa shape index (κ3) is 4.79. The van der Waals surface area contributed by atoms with E-state index >= 15 is 0 Å². The largest absolute Gasteiger partial charge is 0.487 e. The lowest BCUT2D eigenvalue weighted by Crippen LogP contribution is -2.09. The van der Waals surface area contributed by atoms with E-state index in [0.717, 1.165) is 0 Å². The molecule has 1 aromatic carbocycles. The van der Waals surface area contributed by atoms with Crippen molar-refractivity contribution in [3.05, 3.63) is 34.4 Å². The fourth-order valence-electron chi connectivity index (χ4n) is 1.15. The number of rotatable bonds is 6. The lowest BCUT2D eigenvalue weighted by Gasteiger charge is -2.05. The van der Waals surface area contributed by atoms with Crippen molar-refractivity contribution in [1.82, 2.24) is 0 Å². The molecule has 0 saturated heterocycles. The zero-order chi connectivity index (χ0) is 12.9. The highest BCUT2D eigenvalue weighted by Crippen LogP contribution is 2.25. The first-order chi connectivity index (χ1) is 7.90. The molecule has 1 N–H and O–H groups in total. The van der Waals surface area contributed by atoms with Crippen LogP contribution in [0.1, 0.15) is 6.42 Å². The molecule has 0 atom stereocenters. The summed E-state index contributed by atoms with van der Waals surface area (Å²) in [6.45, 7) is -0.0232. The second kappa shape index (κ2) is 5.60. The predicted molar refractivity (Wildman–Crippen MR) is 59.6 cm³/mol. The van der Waals surface area contributed by atoms with E-state index in [-0.39, 0.29) is 24.5 Å². The average Bonchev–Trinajstić information content (AvgIpc) is 2.23. The Morgan fingerprint density at radius 2 is 2.00 bits per heavy atom. The quantitative estimate of drug-likeness (QED) is 0.357. The molecule has 94 valence electrons. The van der Waals surface area contributed by atoms with Gasteiger partial charge in [-0.3, -0.25) is 14.7 Å². The van der Waals surface area contributed by atoms with Gasteiger partial charge in [0, 0.05) is 6.07 Å². The van der Waals surface area contributed by atoms with Crippen LogP contribution in [0.5, 0.6) is 5.75 Å². The molecule has 0 aromatic heterocycles. The van der Waals surface area contributed by atoms with E-state index in [1.54, 1.807) is 6.07 Å². The summed E-state index contributed by atoms with van der Waals surface area (Å²) in [5.41, 5.74) is -0.181. The first kappa shape index (κ1) is 13.4. The highest BCUT2D eigenvalue weighted by atomic mass is 32.2. The van der Waals surface area contributed by atoms with Crippen molar-refractivity contribution in [3.8, 4) is 5.75 Å². The molecule has 17 heavy (non-hydrogen) atoms. The summed E-state index contributed by atoms with van der Waals surface area (Å²) >= 11 is 0. The zero-order valence-corrected chi connectivity index (χ0v) is 9.59. The van der Waals surface area contributed by atoms with Crippen LogP contribution in [0.2, 0.25) is 0 Å². The van der Waals surface area contributed by atoms with Gasteiger partial charge < -0.3 is 4.74 Å². The molecule has 0 heterocycles. The fraction of sp³-hybridized carbons (Fsp3) is 0.333. The van der Waals surface area contributed by atoms with Crippen LogP contribution in [0.15, 0.2) is 24.3 Å². The minimum Gasteiger partial charge on any atom is -0.487 e. The number of nitro benzene ring substituents is 1. The number of hydrogen-bond donors (Lipinski definition) is 1. The van der Waals surface area contributed by atoms with Crippen molar-refractivity contribution < 1.29 is 22.6 Å². The summed E-state index contributed by atoms with van der Waals surface area (Å²) in [7, 11) is -4.02. The second-order valence-electron chi connectivity index (χ2n) is 3.21. The van der Waals surface area contributed by atoms with E-state index in [4.69, 9.17) is 9.29 Å². The van der Waals surface area contributed by atoms with Crippen molar-refractivity contribution in [2.45, 2.75) is 6.42 Å². The van der Waals surface area contributed by atoms with Gasteiger partial charge in [-0.05, 0) is 12.5 Å². The minimum atomic E-state index is -4.02. The molecular weight excluding hydrogens is 250 g/mol. The Kier molecular flexibility index (Phi) is 4.41.